The van der Waals surface area contributed by atoms with Gasteiger partial charge in [-0.3, -0.25) is 4.79 Å². The Morgan fingerprint density at radius 2 is 2.00 bits per heavy atom. The molecule has 3 aromatic rings. The number of aryl methyl sites for hydroxylation is 2. The molecule has 1 heterocycles. The number of hydrogen-bond donors (Lipinski definition) is 1. The van der Waals surface area contributed by atoms with Crippen LogP contribution in [-0.2, 0) is 6.54 Å². The van der Waals surface area contributed by atoms with Crippen molar-refractivity contribution >= 4 is 46.4 Å². The van der Waals surface area contributed by atoms with Crippen molar-refractivity contribution < 1.29 is 4.79 Å². The molecule has 0 radical (unpaired) electrons. The zero-order valence-corrected chi connectivity index (χ0v) is 15.3. The molecule has 0 saturated heterocycles. The smallest absolute Gasteiger partial charge is 0.271 e. The van der Waals surface area contributed by atoms with Crippen LogP contribution in [0.15, 0.2) is 41.5 Å². The fraction of sp³-hybridized carbons (Fsp3) is 0.167. The molecule has 1 N–H and O–H groups in total. The highest BCUT2D eigenvalue weighted by atomic mass is 35.5. The Balaban J connectivity index is 1.79. The van der Waals surface area contributed by atoms with Gasteiger partial charge < -0.3 is 4.57 Å². The first-order chi connectivity index (χ1) is 12.0. The summed E-state index contributed by atoms with van der Waals surface area (Å²) in [5, 5.41) is 4.87. The van der Waals surface area contributed by atoms with E-state index in [9.17, 15) is 4.79 Å². The molecular formula is C18H16Cl2N4O. The third-order valence-electron chi connectivity index (χ3n) is 3.88. The molecule has 5 nitrogen and oxygen atoms in total. The summed E-state index contributed by atoms with van der Waals surface area (Å²) in [6.07, 6.45) is 1.43. The van der Waals surface area contributed by atoms with E-state index in [4.69, 9.17) is 23.2 Å². The van der Waals surface area contributed by atoms with Gasteiger partial charge in [0.2, 0.25) is 0 Å². The van der Waals surface area contributed by atoms with Gasteiger partial charge in [0, 0.05) is 17.7 Å². The van der Waals surface area contributed by atoms with E-state index in [2.05, 4.69) is 27.0 Å². The zero-order valence-electron chi connectivity index (χ0n) is 13.8. The molecule has 0 aliphatic heterocycles. The fourth-order valence-electron chi connectivity index (χ4n) is 2.64. The molecule has 0 bridgehead atoms. The summed E-state index contributed by atoms with van der Waals surface area (Å²) in [5.41, 5.74) is 5.30. The van der Waals surface area contributed by atoms with Crippen LogP contribution in [-0.4, -0.2) is 21.7 Å². The van der Waals surface area contributed by atoms with Crippen molar-refractivity contribution in [2.75, 3.05) is 0 Å². The summed E-state index contributed by atoms with van der Waals surface area (Å²) in [7, 11) is 0. The van der Waals surface area contributed by atoms with Crippen LogP contribution in [0.2, 0.25) is 10.0 Å². The lowest BCUT2D eigenvalue weighted by atomic mass is 10.2. The van der Waals surface area contributed by atoms with Gasteiger partial charge in [0.1, 0.15) is 5.82 Å². The van der Waals surface area contributed by atoms with Gasteiger partial charge in [-0.05, 0) is 44.2 Å². The second-order valence-corrected chi connectivity index (χ2v) is 6.26. The molecule has 0 fully saturated rings. The molecule has 1 amide bonds. The normalized spacial score (nSPS) is 11.4. The topological polar surface area (TPSA) is 59.3 Å². The highest BCUT2D eigenvalue weighted by molar-refractivity contribution is 6.38. The van der Waals surface area contributed by atoms with Gasteiger partial charge in [0.15, 0.2) is 0 Å². The highest BCUT2D eigenvalue weighted by Crippen LogP contribution is 2.22. The van der Waals surface area contributed by atoms with E-state index in [-0.39, 0.29) is 5.91 Å². The van der Waals surface area contributed by atoms with Crippen molar-refractivity contribution in [3.05, 3.63) is 63.4 Å². The zero-order chi connectivity index (χ0) is 18.0. The SMILES string of the molecule is CCn1c(C)nc2cc(C(=O)N/N=C\c3c(Cl)cccc3Cl)ccc21. The second-order valence-electron chi connectivity index (χ2n) is 5.44. The van der Waals surface area contributed by atoms with E-state index >= 15 is 0 Å². The molecule has 0 saturated carbocycles. The molecule has 0 atom stereocenters. The number of fused-ring (bicyclic) bond motifs is 1. The van der Waals surface area contributed by atoms with Crippen LogP contribution in [0, 0.1) is 6.92 Å². The lowest BCUT2D eigenvalue weighted by Crippen LogP contribution is -2.17. The summed E-state index contributed by atoms with van der Waals surface area (Å²) in [5.74, 6) is 0.589. The molecule has 25 heavy (non-hydrogen) atoms. The van der Waals surface area contributed by atoms with E-state index in [0.29, 0.717) is 21.2 Å². The molecular weight excluding hydrogens is 359 g/mol. The van der Waals surface area contributed by atoms with Crippen molar-refractivity contribution in [1.29, 1.82) is 0 Å². The number of amides is 1. The van der Waals surface area contributed by atoms with Gasteiger partial charge in [-0.2, -0.15) is 5.10 Å². The third-order valence-corrected chi connectivity index (χ3v) is 4.54. The van der Waals surface area contributed by atoms with Gasteiger partial charge in [0.25, 0.3) is 5.91 Å². The maximum absolute atomic E-state index is 12.3. The number of carbonyl (C=O) groups is 1. The maximum atomic E-state index is 12.3. The Bertz CT molecular complexity index is 958. The first-order valence-electron chi connectivity index (χ1n) is 7.75. The van der Waals surface area contributed by atoms with Gasteiger partial charge in [0.05, 0.1) is 27.3 Å². The van der Waals surface area contributed by atoms with E-state index in [0.717, 1.165) is 23.4 Å². The summed E-state index contributed by atoms with van der Waals surface area (Å²) >= 11 is 12.1. The number of aromatic nitrogens is 2. The average Bonchev–Trinajstić information content (AvgIpc) is 2.91. The van der Waals surface area contributed by atoms with Gasteiger partial charge in [-0.25, -0.2) is 10.4 Å². The van der Waals surface area contributed by atoms with Crippen LogP contribution in [0.3, 0.4) is 0 Å². The first-order valence-corrected chi connectivity index (χ1v) is 8.51. The standard InChI is InChI=1S/C18H16Cl2N4O/c1-3-24-11(2)22-16-9-12(7-8-17(16)24)18(25)23-21-10-13-14(19)5-4-6-15(13)20/h4-10H,3H2,1-2H3,(H,23,25)/b21-10-. The van der Waals surface area contributed by atoms with Crippen molar-refractivity contribution in [2.45, 2.75) is 20.4 Å². The second kappa shape index (κ2) is 7.25. The quantitative estimate of drug-likeness (QED) is 0.542. The van der Waals surface area contributed by atoms with Crippen molar-refractivity contribution in [1.82, 2.24) is 15.0 Å². The van der Waals surface area contributed by atoms with E-state index < -0.39 is 0 Å². The van der Waals surface area contributed by atoms with E-state index in [1.807, 2.05) is 13.0 Å². The minimum atomic E-state index is -0.329. The van der Waals surface area contributed by atoms with Crippen molar-refractivity contribution in [2.24, 2.45) is 5.10 Å². The molecule has 2 aromatic carbocycles. The van der Waals surface area contributed by atoms with Gasteiger partial charge in [-0.15, -0.1) is 0 Å². The summed E-state index contributed by atoms with van der Waals surface area (Å²) in [6.45, 7) is 4.83. The number of imidazole rings is 1. The molecule has 3 rings (SSSR count). The van der Waals surface area contributed by atoms with Crippen LogP contribution in [0.25, 0.3) is 11.0 Å². The number of carbonyl (C=O) groups excluding carboxylic acids is 1. The van der Waals surface area contributed by atoms with Crippen molar-refractivity contribution in [3.8, 4) is 0 Å². The maximum Gasteiger partial charge on any atom is 0.271 e. The van der Waals surface area contributed by atoms with Crippen molar-refractivity contribution in [3.63, 3.8) is 0 Å². The van der Waals surface area contributed by atoms with E-state index in [1.165, 1.54) is 6.21 Å². The minimum absolute atomic E-state index is 0.329. The Morgan fingerprint density at radius 1 is 1.28 bits per heavy atom. The van der Waals surface area contributed by atoms with Crippen LogP contribution >= 0.6 is 23.2 Å². The first kappa shape index (κ1) is 17.5. The number of nitrogens with one attached hydrogen (secondary N) is 1. The Labute approximate surface area is 155 Å². The number of hydrogen-bond acceptors (Lipinski definition) is 3. The Morgan fingerprint density at radius 3 is 2.68 bits per heavy atom. The monoisotopic (exact) mass is 374 g/mol. The molecule has 7 heteroatoms. The third kappa shape index (κ3) is 3.52. The lowest BCUT2D eigenvalue weighted by molar-refractivity contribution is 0.0955. The fourth-order valence-corrected chi connectivity index (χ4v) is 3.14. The number of hydrazone groups is 1. The molecule has 0 aliphatic carbocycles. The predicted octanol–water partition coefficient (Wildman–Crippen LogP) is 4.44. The molecule has 0 spiro atoms. The van der Waals surface area contributed by atoms with E-state index in [1.54, 1.807) is 30.3 Å². The molecule has 1 aromatic heterocycles. The number of halogens is 2. The Kier molecular flexibility index (Phi) is 5.06. The number of nitrogens with zero attached hydrogens (tertiary/aromatic N) is 3. The molecule has 0 unspecified atom stereocenters. The van der Waals surface area contributed by atoms with Crippen LogP contribution < -0.4 is 5.43 Å². The average molecular weight is 375 g/mol. The highest BCUT2D eigenvalue weighted by Gasteiger charge is 2.10. The summed E-state index contributed by atoms with van der Waals surface area (Å²) < 4.78 is 2.09. The lowest BCUT2D eigenvalue weighted by Gasteiger charge is -2.03. The summed E-state index contributed by atoms with van der Waals surface area (Å²) in [6, 6.07) is 10.5. The van der Waals surface area contributed by atoms with Gasteiger partial charge >= 0.3 is 0 Å². The number of rotatable bonds is 4. The molecule has 0 aliphatic rings. The molecule has 128 valence electrons. The minimum Gasteiger partial charge on any atom is -0.329 e. The predicted molar refractivity (Wildman–Crippen MR) is 102 cm³/mol. The Hall–Kier alpha value is -2.37. The van der Waals surface area contributed by atoms with Crippen LogP contribution in [0.4, 0.5) is 0 Å². The summed E-state index contributed by atoms with van der Waals surface area (Å²) in [4.78, 5) is 16.8. The van der Waals surface area contributed by atoms with Crippen LogP contribution in [0.1, 0.15) is 28.7 Å². The van der Waals surface area contributed by atoms with Crippen LogP contribution in [0.5, 0.6) is 0 Å². The largest absolute Gasteiger partial charge is 0.329 e. The van der Waals surface area contributed by atoms with Gasteiger partial charge in [-0.1, -0.05) is 29.3 Å². The number of benzene rings is 2.